The van der Waals surface area contributed by atoms with Crippen molar-refractivity contribution in [1.29, 1.82) is 0 Å². The van der Waals surface area contributed by atoms with E-state index in [4.69, 9.17) is 0 Å². The summed E-state index contributed by atoms with van der Waals surface area (Å²) < 4.78 is 0. The first-order chi connectivity index (χ1) is 11.6. The van der Waals surface area contributed by atoms with Gasteiger partial charge in [0, 0.05) is 17.1 Å². The fraction of sp³-hybridized carbons (Fsp3) is 0.706. The normalized spacial score (nSPS) is 28.0. The van der Waals surface area contributed by atoms with Crippen molar-refractivity contribution in [2.24, 2.45) is 5.92 Å². The Labute approximate surface area is 146 Å². The van der Waals surface area contributed by atoms with E-state index in [0.29, 0.717) is 5.92 Å². The molecule has 3 aliphatic rings. The van der Waals surface area contributed by atoms with E-state index < -0.39 is 0 Å². The number of carbonyl (C=O) groups excluding carboxylic acids is 2. The molecule has 3 amide bonds. The molecule has 3 fully saturated rings. The van der Waals surface area contributed by atoms with Gasteiger partial charge in [-0.05, 0) is 38.5 Å². The zero-order valence-electron chi connectivity index (χ0n) is 14.0. The molecule has 3 atom stereocenters. The number of piperazine rings is 1. The molecule has 1 saturated heterocycles. The number of nitrogens with one attached hydrogen (secondary N) is 2. The van der Waals surface area contributed by atoms with E-state index >= 15 is 0 Å². The van der Waals surface area contributed by atoms with Gasteiger partial charge in [-0.25, -0.2) is 9.78 Å². The summed E-state index contributed by atoms with van der Waals surface area (Å²) in [5, 5.41) is 7.23. The maximum Gasteiger partial charge on any atom is 0.318 e. The molecule has 1 aromatic heterocycles. The van der Waals surface area contributed by atoms with Gasteiger partial charge in [-0.3, -0.25) is 4.79 Å². The van der Waals surface area contributed by atoms with Gasteiger partial charge in [-0.2, -0.15) is 0 Å². The molecule has 0 spiro atoms. The quantitative estimate of drug-likeness (QED) is 0.880. The Morgan fingerprint density at radius 2 is 2.17 bits per heavy atom. The molecule has 1 aliphatic heterocycles. The van der Waals surface area contributed by atoms with Crippen molar-refractivity contribution in [2.45, 2.75) is 63.6 Å². The van der Waals surface area contributed by atoms with Crippen molar-refractivity contribution in [3.05, 3.63) is 16.1 Å². The van der Waals surface area contributed by atoms with E-state index in [1.54, 1.807) is 16.2 Å². The smallest absolute Gasteiger partial charge is 0.318 e. The van der Waals surface area contributed by atoms with Crippen LogP contribution in [0.1, 0.15) is 54.5 Å². The summed E-state index contributed by atoms with van der Waals surface area (Å²) in [7, 11) is 0. The lowest BCUT2D eigenvalue weighted by Gasteiger charge is -2.44. The highest BCUT2D eigenvalue weighted by Gasteiger charge is 2.41. The average molecular weight is 348 g/mol. The zero-order chi connectivity index (χ0) is 16.7. The molecule has 0 aromatic carbocycles. The lowest BCUT2D eigenvalue weighted by atomic mass is 9.87. The van der Waals surface area contributed by atoms with Crippen LogP contribution >= 0.6 is 11.3 Å². The summed E-state index contributed by atoms with van der Waals surface area (Å²) in [6.07, 6.45) is 8.33. The van der Waals surface area contributed by atoms with E-state index in [2.05, 4.69) is 15.6 Å². The minimum Gasteiger partial charge on any atom is -0.350 e. The van der Waals surface area contributed by atoms with E-state index in [9.17, 15) is 9.59 Å². The minimum atomic E-state index is -0.105. The third-order valence-electron chi connectivity index (χ3n) is 5.33. The highest BCUT2D eigenvalue weighted by atomic mass is 32.1. The van der Waals surface area contributed by atoms with Crippen LogP contribution in [0, 0.1) is 12.8 Å². The summed E-state index contributed by atoms with van der Waals surface area (Å²) >= 11 is 1.65. The van der Waals surface area contributed by atoms with Crippen molar-refractivity contribution in [3.63, 3.8) is 0 Å². The highest BCUT2D eigenvalue weighted by molar-refractivity contribution is 7.11. The molecular weight excluding hydrogens is 324 g/mol. The van der Waals surface area contributed by atoms with E-state index in [0.717, 1.165) is 48.4 Å². The monoisotopic (exact) mass is 348 g/mol. The van der Waals surface area contributed by atoms with Crippen molar-refractivity contribution in [2.75, 3.05) is 6.54 Å². The Balaban J connectivity index is 1.50. The maximum absolute atomic E-state index is 12.9. The van der Waals surface area contributed by atoms with Gasteiger partial charge in [0.1, 0.15) is 11.6 Å². The fourth-order valence-electron chi connectivity index (χ4n) is 3.94. The largest absolute Gasteiger partial charge is 0.350 e. The maximum atomic E-state index is 12.9. The third-order valence-corrected chi connectivity index (χ3v) is 6.32. The predicted molar refractivity (Wildman–Crippen MR) is 91.7 cm³/mol. The number of carbonyl (C=O) groups is 2. The fourth-order valence-corrected chi connectivity index (χ4v) is 4.86. The Morgan fingerprint density at radius 1 is 1.38 bits per heavy atom. The van der Waals surface area contributed by atoms with Crippen LogP contribution in [0.5, 0.6) is 0 Å². The Hall–Kier alpha value is -1.63. The van der Waals surface area contributed by atoms with E-state index in [1.165, 1.54) is 0 Å². The number of aromatic nitrogens is 1. The Morgan fingerprint density at radius 3 is 2.88 bits per heavy atom. The first-order valence-corrected chi connectivity index (χ1v) is 9.72. The van der Waals surface area contributed by atoms with Crippen LogP contribution in [-0.2, 0) is 4.79 Å². The summed E-state index contributed by atoms with van der Waals surface area (Å²) in [6, 6.07) is 0.135. The topological polar surface area (TPSA) is 74.3 Å². The molecule has 2 saturated carbocycles. The molecule has 24 heavy (non-hydrogen) atoms. The number of fused-ring (bicyclic) bond motifs is 1. The number of urea groups is 1. The first kappa shape index (κ1) is 15.9. The Bertz CT molecular complexity index is 642. The predicted octanol–water partition coefficient (Wildman–Crippen LogP) is 2.36. The molecule has 0 radical (unpaired) electrons. The van der Waals surface area contributed by atoms with Gasteiger partial charge in [0.2, 0.25) is 5.91 Å². The Kier molecular flexibility index (Phi) is 4.20. The van der Waals surface area contributed by atoms with Gasteiger partial charge in [0.05, 0.1) is 12.1 Å². The second kappa shape index (κ2) is 6.35. The molecule has 2 heterocycles. The molecule has 6 nitrogen and oxygen atoms in total. The summed E-state index contributed by atoms with van der Waals surface area (Å²) in [5.41, 5.74) is 0. The highest BCUT2D eigenvalue weighted by Crippen LogP contribution is 2.42. The molecule has 2 N–H and O–H groups in total. The van der Waals surface area contributed by atoms with Crippen LogP contribution in [0.3, 0.4) is 0 Å². The summed E-state index contributed by atoms with van der Waals surface area (Å²) in [4.78, 5) is 32.3. The van der Waals surface area contributed by atoms with Crippen LogP contribution in [0.2, 0.25) is 0 Å². The molecule has 0 unspecified atom stereocenters. The SMILES string of the molecule is Cc1cnc([C@H](NC(=O)N2CC(=O)N[C@@H]3CCCC[C@H]32)C2CC2)s1. The lowest BCUT2D eigenvalue weighted by molar-refractivity contribution is -0.126. The number of amides is 3. The second-order valence-corrected chi connectivity index (χ2v) is 8.49. The van der Waals surface area contributed by atoms with Gasteiger partial charge < -0.3 is 15.5 Å². The molecule has 2 aliphatic carbocycles. The zero-order valence-corrected chi connectivity index (χ0v) is 14.8. The van der Waals surface area contributed by atoms with Crippen molar-refractivity contribution < 1.29 is 9.59 Å². The van der Waals surface area contributed by atoms with Crippen LogP contribution < -0.4 is 10.6 Å². The van der Waals surface area contributed by atoms with Crippen LogP contribution in [-0.4, -0.2) is 40.5 Å². The van der Waals surface area contributed by atoms with Gasteiger partial charge >= 0.3 is 6.03 Å². The molecule has 4 rings (SSSR count). The van der Waals surface area contributed by atoms with Crippen molar-refractivity contribution in [3.8, 4) is 0 Å². The molecule has 1 aromatic rings. The standard InChI is InChI=1S/C17H24N4O2S/c1-10-8-18-16(24-10)15(11-6-7-11)20-17(23)21-9-14(22)19-12-4-2-3-5-13(12)21/h8,11-13,15H,2-7,9H2,1H3,(H,19,22)(H,20,23)/t12-,13-,15-/m1/s1. The van der Waals surface area contributed by atoms with Crippen LogP contribution in [0.4, 0.5) is 4.79 Å². The van der Waals surface area contributed by atoms with Gasteiger partial charge in [-0.15, -0.1) is 11.3 Å². The number of thiazole rings is 1. The first-order valence-electron chi connectivity index (χ1n) is 8.90. The minimum absolute atomic E-state index is 0.0109. The second-order valence-electron chi connectivity index (χ2n) is 7.23. The average Bonchev–Trinajstić information content (AvgIpc) is 3.32. The number of nitrogens with zero attached hydrogens (tertiary/aromatic N) is 2. The number of hydrogen-bond donors (Lipinski definition) is 2. The molecule has 7 heteroatoms. The van der Waals surface area contributed by atoms with Crippen LogP contribution in [0.25, 0.3) is 0 Å². The van der Waals surface area contributed by atoms with Crippen molar-refractivity contribution in [1.82, 2.24) is 20.5 Å². The van der Waals surface area contributed by atoms with E-state index in [1.807, 2.05) is 13.1 Å². The van der Waals surface area contributed by atoms with Gasteiger partial charge in [0.15, 0.2) is 0 Å². The number of rotatable bonds is 3. The summed E-state index contributed by atoms with van der Waals surface area (Å²) in [5.74, 6) is 0.446. The molecule has 130 valence electrons. The van der Waals surface area contributed by atoms with E-state index in [-0.39, 0.29) is 36.6 Å². The number of hydrogen-bond acceptors (Lipinski definition) is 4. The molecular formula is C17H24N4O2S. The summed E-state index contributed by atoms with van der Waals surface area (Å²) in [6.45, 7) is 2.20. The van der Waals surface area contributed by atoms with Gasteiger partial charge in [-0.1, -0.05) is 12.8 Å². The van der Waals surface area contributed by atoms with Gasteiger partial charge in [0.25, 0.3) is 0 Å². The number of aryl methyl sites for hydroxylation is 1. The van der Waals surface area contributed by atoms with Crippen molar-refractivity contribution >= 4 is 23.3 Å². The third kappa shape index (κ3) is 3.14. The lowest BCUT2D eigenvalue weighted by Crippen LogP contribution is -2.64. The van der Waals surface area contributed by atoms with Crippen LogP contribution in [0.15, 0.2) is 6.20 Å². The molecule has 0 bridgehead atoms.